The number of hydrogen-bond donors (Lipinski definition) is 1. The standard InChI is InChI=1S/C26H20F3NO2S.Na.H/c27-26(28,29)18-5-3-4-16(14-18)15-30-22-7-2-1-6-21(22)23(24(30)25(31)32)17-8-10-19(11-9-17)33-20-12-13-20;;/h1-11,14,20H,12-13,15H2,(H,31,32);;. The van der Waals surface area contributed by atoms with Crippen molar-refractivity contribution in [2.24, 2.45) is 0 Å². The van der Waals surface area contributed by atoms with Gasteiger partial charge in [0.2, 0.25) is 0 Å². The van der Waals surface area contributed by atoms with Crippen molar-refractivity contribution in [3.05, 3.63) is 89.6 Å². The van der Waals surface area contributed by atoms with Gasteiger partial charge < -0.3 is 9.67 Å². The maximum absolute atomic E-state index is 13.2. The summed E-state index contributed by atoms with van der Waals surface area (Å²) in [4.78, 5) is 13.6. The molecule has 3 aromatic carbocycles. The molecule has 8 heteroatoms. The van der Waals surface area contributed by atoms with Crippen LogP contribution in [0.1, 0.15) is 34.5 Å². The number of aromatic nitrogens is 1. The number of aromatic carboxylic acids is 1. The topological polar surface area (TPSA) is 42.2 Å². The van der Waals surface area contributed by atoms with Crippen molar-refractivity contribution < 1.29 is 23.1 Å². The molecular formula is C26H21F3NNaO2S. The Bertz CT molecular complexity index is 1340. The van der Waals surface area contributed by atoms with Crippen LogP contribution in [0.2, 0.25) is 0 Å². The van der Waals surface area contributed by atoms with Crippen LogP contribution < -0.4 is 0 Å². The Kier molecular flexibility index (Phi) is 7.20. The zero-order chi connectivity index (χ0) is 23.2. The van der Waals surface area contributed by atoms with Crippen LogP contribution in [-0.2, 0) is 12.7 Å². The number of benzene rings is 3. The van der Waals surface area contributed by atoms with Crippen LogP contribution in [-0.4, -0.2) is 50.5 Å². The monoisotopic (exact) mass is 491 g/mol. The number of alkyl halides is 3. The molecule has 170 valence electrons. The van der Waals surface area contributed by atoms with Gasteiger partial charge in [0.05, 0.1) is 5.56 Å². The molecule has 0 spiro atoms. The average molecular weight is 492 g/mol. The van der Waals surface area contributed by atoms with Crippen molar-refractivity contribution in [2.75, 3.05) is 0 Å². The van der Waals surface area contributed by atoms with Gasteiger partial charge in [0.25, 0.3) is 0 Å². The van der Waals surface area contributed by atoms with Crippen LogP contribution in [0.5, 0.6) is 0 Å². The van der Waals surface area contributed by atoms with Gasteiger partial charge >= 0.3 is 41.7 Å². The second-order valence-corrected chi connectivity index (χ2v) is 9.55. The first kappa shape index (κ1) is 24.9. The van der Waals surface area contributed by atoms with E-state index in [2.05, 4.69) is 0 Å². The quantitative estimate of drug-likeness (QED) is 0.306. The number of thioether (sulfide) groups is 1. The first-order valence-electron chi connectivity index (χ1n) is 10.6. The average Bonchev–Trinajstić information content (AvgIpc) is 3.54. The first-order valence-corrected chi connectivity index (χ1v) is 11.5. The van der Waals surface area contributed by atoms with Crippen molar-refractivity contribution >= 4 is 58.2 Å². The Labute approximate surface area is 221 Å². The summed E-state index contributed by atoms with van der Waals surface area (Å²) >= 11 is 1.82. The number of hydrogen-bond acceptors (Lipinski definition) is 2. The van der Waals surface area contributed by atoms with E-state index in [1.807, 2.05) is 48.2 Å². The van der Waals surface area contributed by atoms with Crippen LogP contribution in [0.3, 0.4) is 0 Å². The summed E-state index contributed by atoms with van der Waals surface area (Å²) in [5.74, 6) is -1.12. The number of rotatable bonds is 6. The van der Waals surface area contributed by atoms with E-state index in [4.69, 9.17) is 0 Å². The summed E-state index contributed by atoms with van der Waals surface area (Å²) in [6.07, 6.45) is -2.02. The van der Waals surface area contributed by atoms with E-state index in [0.717, 1.165) is 28.0 Å². The second-order valence-electron chi connectivity index (χ2n) is 8.17. The van der Waals surface area contributed by atoms with Crippen molar-refractivity contribution in [2.45, 2.75) is 35.7 Å². The van der Waals surface area contributed by atoms with Gasteiger partial charge in [-0.05, 0) is 54.3 Å². The molecule has 3 nitrogen and oxygen atoms in total. The molecule has 1 aliphatic rings. The number of carboxylic acids is 1. The Balaban J connectivity index is 0.00000274. The third kappa shape index (κ3) is 5.08. The molecule has 4 aromatic rings. The number of fused-ring (bicyclic) bond motifs is 1. The molecule has 0 unspecified atom stereocenters. The fourth-order valence-corrected chi connectivity index (χ4v) is 5.14. The molecule has 0 amide bonds. The minimum atomic E-state index is -4.46. The zero-order valence-corrected chi connectivity index (χ0v) is 18.3. The van der Waals surface area contributed by atoms with Crippen molar-refractivity contribution in [3.8, 4) is 11.1 Å². The predicted octanol–water partition coefficient (Wildman–Crippen LogP) is 6.68. The molecule has 1 N–H and O–H groups in total. The Morgan fingerprint density at radius 1 is 1.00 bits per heavy atom. The van der Waals surface area contributed by atoms with E-state index in [1.54, 1.807) is 22.8 Å². The van der Waals surface area contributed by atoms with Crippen LogP contribution in [0.25, 0.3) is 22.0 Å². The normalized spacial score (nSPS) is 13.6. The molecule has 1 aromatic heterocycles. The van der Waals surface area contributed by atoms with Gasteiger partial charge in [0, 0.05) is 33.2 Å². The molecular weight excluding hydrogens is 470 g/mol. The summed E-state index contributed by atoms with van der Waals surface area (Å²) in [6.45, 7) is 0.0156. The maximum atomic E-state index is 13.2. The number of halogens is 3. The number of carbonyl (C=O) groups is 1. The molecule has 0 saturated heterocycles. The third-order valence-electron chi connectivity index (χ3n) is 5.74. The number of para-hydroxylation sites is 1. The molecule has 1 aliphatic carbocycles. The molecule has 1 fully saturated rings. The van der Waals surface area contributed by atoms with Crippen LogP contribution >= 0.6 is 11.8 Å². The third-order valence-corrected chi connectivity index (χ3v) is 7.09. The van der Waals surface area contributed by atoms with Gasteiger partial charge in [-0.1, -0.05) is 42.5 Å². The number of carboxylic acid groups (broad SMARTS) is 1. The van der Waals surface area contributed by atoms with E-state index >= 15 is 0 Å². The Hall–Kier alpha value is -2.19. The van der Waals surface area contributed by atoms with Gasteiger partial charge in [0.15, 0.2) is 0 Å². The fraction of sp³-hybridized carbons (Fsp3) is 0.192. The van der Waals surface area contributed by atoms with E-state index in [0.29, 0.717) is 21.9 Å². The summed E-state index contributed by atoms with van der Waals surface area (Å²) in [6, 6.07) is 20.2. The van der Waals surface area contributed by atoms with Gasteiger partial charge in [-0.25, -0.2) is 4.79 Å². The summed E-state index contributed by atoms with van der Waals surface area (Å²) in [5, 5.41) is 11.6. The molecule has 0 aliphatic heterocycles. The van der Waals surface area contributed by atoms with Gasteiger partial charge in [0.1, 0.15) is 5.69 Å². The first-order chi connectivity index (χ1) is 15.8. The zero-order valence-electron chi connectivity index (χ0n) is 17.5. The van der Waals surface area contributed by atoms with Crippen molar-refractivity contribution in [3.63, 3.8) is 0 Å². The molecule has 1 heterocycles. The predicted molar refractivity (Wildman–Crippen MR) is 131 cm³/mol. The summed E-state index contributed by atoms with van der Waals surface area (Å²) in [5.41, 5.74) is 1.71. The Morgan fingerprint density at radius 3 is 2.35 bits per heavy atom. The molecule has 5 rings (SSSR count). The van der Waals surface area contributed by atoms with Gasteiger partial charge in [-0.3, -0.25) is 0 Å². The number of nitrogens with zero attached hydrogens (tertiary/aromatic N) is 1. The second kappa shape index (κ2) is 9.82. The van der Waals surface area contributed by atoms with Gasteiger partial charge in [-0.15, -0.1) is 11.8 Å². The molecule has 1 saturated carbocycles. The van der Waals surface area contributed by atoms with E-state index in [9.17, 15) is 23.1 Å². The summed E-state index contributed by atoms with van der Waals surface area (Å²) in [7, 11) is 0. The molecule has 0 bridgehead atoms. The van der Waals surface area contributed by atoms with Crippen LogP contribution in [0.15, 0.2) is 77.7 Å². The van der Waals surface area contributed by atoms with Crippen LogP contribution in [0, 0.1) is 0 Å². The van der Waals surface area contributed by atoms with Crippen LogP contribution in [0.4, 0.5) is 13.2 Å². The minimum absolute atomic E-state index is 0. The van der Waals surface area contributed by atoms with Crippen molar-refractivity contribution in [1.29, 1.82) is 0 Å². The summed E-state index contributed by atoms with van der Waals surface area (Å²) < 4.78 is 41.2. The van der Waals surface area contributed by atoms with E-state index < -0.39 is 17.7 Å². The SMILES string of the molecule is O=C(O)c1c(-c2ccc(SC3CC3)cc2)c2ccccc2n1Cc1cccc(C(F)(F)F)c1.[NaH]. The molecule has 34 heavy (non-hydrogen) atoms. The van der Waals surface area contributed by atoms with E-state index in [-0.39, 0.29) is 41.8 Å². The van der Waals surface area contributed by atoms with E-state index in [1.165, 1.54) is 18.9 Å². The fourth-order valence-electron chi connectivity index (χ4n) is 4.09. The Morgan fingerprint density at radius 2 is 1.71 bits per heavy atom. The molecule has 0 atom stereocenters. The molecule has 0 radical (unpaired) electrons. The van der Waals surface area contributed by atoms with Crippen molar-refractivity contribution in [1.82, 2.24) is 4.57 Å². The van der Waals surface area contributed by atoms with Gasteiger partial charge in [-0.2, -0.15) is 13.2 Å².